The molecule has 2 aliphatic rings. The molecule has 3 atom stereocenters. The lowest BCUT2D eigenvalue weighted by Gasteiger charge is -2.26. The Hall–Kier alpha value is -3.57. The third-order valence-corrected chi connectivity index (χ3v) is 6.11. The van der Waals surface area contributed by atoms with Crippen molar-refractivity contribution in [1.29, 1.82) is 0 Å². The lowest BCUT2D eigenvalue weighted by atomic mass is 9.95. The number of anilines is 1. The Kier molecular flexibility index (Phi) is 5.02. The van der Waals surface area contributed by atoms with Crippen LogP contribution in [0.5, 0.6) is 0 Å². The van der Waals surface area contributed by atoms with E-state index < -0.39 is 17.6 Å². The van der Waals surface area contributed by atoms with Crippen LogP contribution in [0.3, 0.4) is 0 Å². The van der Waals surface area contributed by atoms with Gasteiger partial charge in [0.25, 0.3) is 5.91 Å². The molecule has 0 aliphatic carbocycles. The predicted octanol–water partition coefficient (Wildman–Crippen LogP) is 3.38. The minimum atomic E-state index is -4.68. The smallest absolute Gasteiger partial charge is 0.363 e. The second-order valence-corrected chi connectivity index (χ2v) is 8.19. The summed E-state index contributed by atoms with van der Waals surface area (Å²) >= 11 is 0. The zero-order valence-electron chi connectivity index (χ0n) is 17.4. The minimum Gasteiger partial charge on any atom is -0.363 e. The first-order valence-corrected chi connectivity index (χ1v) is 10.4. The molecule has 8 nitrogen and oxygen atoms in total. The van der Waals surface area contributed by atoms with Crippen molar-refractivity contribution in [2.45, 2.75) is 50.5 Å². The molecular formula is C21H19F4N7O. The van der Waals surface area contributed by atoms with Crippen molar-refractivity contribution < 1.29 is 22.4 Å². The molecular weight excluding hydrogens is 442 g/mol. The lowest BCUT2D eigenvalue weighted by molar-refractivity contribution is -0.138. The Labute approximate surface area is 185 Å². The van der Waals surface area contributed by atoms with Gasteiger partial charge in [-0.15, -0.1) is 4.80 Å². The van der Waals surface area contributed by atoms with E-state index in [4.69, 9.17) is 0 Å². The third-order valence-electron chi connectivity index (χ3n) is 6.11. The number of amides is 1. The van der Waals surface area contributed by atoms with Crippen LogP contribution < -0.4 is 5.32 Å². The zero-order valence-corrected chi connectivity index (χ0v) is 17.4. The number of halogens is 4. The molecule has 2 fully saturated rings. The molecule has 0 spiro atoms. The van der Waals surface area contributed by atoms with Gasteiger partial charge in [-0.3, -0.25) is 4.79 Å². The number of nitrogens with one attached hydrogen (secondary N) is 1. The zero-order chi connectivity index (χ0) is 23.3. The maximum absolute atomic E-state index is 14.3. The van der Waals surface area contributed by atoms with Crippen LogP contribution in [0.25, 0.3) is 5.82 Å². The molecule has 3 aromatic heterocycles. The molecule has 2 bridgehead atoms. The second-order valence-electron chi connectivity index (χ2n) is 8.19. The fraction of sp³-hybridized carbons (Fsp3) is 0.381. The summed E-state index contributed by atoms with van der Waals surface area (Å²) in [7, 11) is 0. The Bertz CT molecular complexity index is 1200. The van der Waals surface area contributed by atoms with Gasteiger partial charge < -0.3 is 10.2 Å². The van der Waals surface area contributed by atoms with Gasteiger partial charge >= 0.3 is 6.18 Å². The molecule has 0 unspecified atom stereocenters. The standard InChI is InChI=1S/C21H19F4N7O/c1-11-2-4-14(19(29-11)32-27-6-7-28-32)20(33)31-13-3-5-17(31)16(9-13)30-18-15(22)8-12(10-26-18)21(23,24)25/h2,4,6-8,10,13,16-17H,3,5,9H2,1H3,(H,26,30)/t13-,16-,17+/m1/s1. The number of carbonyl (C=O) groups is 1. The van der Waals surface area contributed by atoms with Crippen molar-refractivity contribution in [1.82, 2.24) is 29.9 Å². The van der Waals surface area contributed by atoms with Crippen LogP contribution in [0.15, 0.2) is 36.8 Å². The van der Waals surface area contributed by atoms with Gasteiger partial charge in [0.2, 0.25) is 0 Å². The predicted molar refractivity (Wildman–Crippen MR) is 108 cm³/mol. The Balaban J connectivity index is 1.39. The van der Waals surface area contributed by atoms with Gasteiger partial charge in [0, 0.05) is 17.9 Å². The van der Waals surface area contributed by atoms with Gasteiger partial charge in [-0.05, 0) is 44.4 Å². The molecule has 33 heavy (non-hydrogen) atoms. The molecule has 2 saturated heterocycles. The van der Waals surface area contributed by atoms with E-state index >= 15 is 0 Å². The summed E-state index contributed by atoms with van der Waals surface area (Å²) in [6.07, 6.45) is 0.908. The summed E-state index contributed by atoms with van der Waals surface area (Å²) in [6.45, 7) is 1.80. The van der Waals surface area contributed by atoms with Crippen LogP contribution in [-0.4, -0.2) is 53.9 Å². The molecule has 0 aromatic carbocycles. The number of hydrogen-bond donors (Lipinski definition) is 1. The molecule has 1 N–H and O–H groups in total. The highest BCUT2D eigenvalue weighted by atomic mass is 19.4. The van der Waals surface area contributed by atoms with Crippen LogP contribution in [-0.2, 0) is 6.18 Å². The van der Waals surface area contributed by atoms with E-state index in [0.29, 0.717) is 42.2 Å². The Morgan fingerprint density at radius 1 is 1.18 bits per heavy atom. The second kappa shape index (κ2) is 7.78. The van der Waals surface area contributed by atoms with Crippen molar-refractivity contribution in [3.05, 3.63) is 59.4 Å². The van der Waals surface area contributed by atoms with E-state index in [-0.39, 0.29) is 29.9 Å². The highest BCUT2D eigenvalue weighted by Gasteiger charge is 2.49. The van der Waals surface area contributed by atoms with Crippen molar-refractivity contribution in [2.75, 3.05) is 5.32 Å². The van der Waals surface area contributed by atoms with E-state index in [1.165, 1.54) is 17.2 Å². The number of aromatic nitrogens is 5. The number of hydrogen-bond acceptors (Lipinski definition) is 6. The van der Waals surface area contributed by atoms with Gasteiger partial charge in [0.05, 0.1) is 35.6 Å². The van der Waals surface area contributed by atoms with E-state index in [9.17, 15) is 22.4 Å². The molecule has 5 rings (SSSR count). The fourth-order valence-electron chi connectivity index (χ4n) is 4.66. The topological polar surface area (TPSA) is 88.8 Å². The Morgan fingerprint density at radius 3 is 2.64 bits per heavy atom. The highest BCUT2D eigenvalue weighted by Crippen LogP contribution is 2.41. The molecule has 12 heteroatoms. The van der Waals surface area contributed by atoms with Crippen LogP contribution in [0, 0.1) is 12.7 Å². The number of rotatable bonds is 4. The molecule has 0 saturated carbocycles. The van der Waals surface area contributed by atoms with Gasteiger partial charge in [-0.1, -0.05) is 0 Å². The van der Waals surface area contributed by atoms with E-state index in [1.54, 1.807) is 24.0 Å². The number of alkyl halides is 3. The number of pyridine rings is 2. The molecule has 5 heterocycles. The normalized spacial score (nSPS) is 22.1. The SMILES string of the molecule is Cc1ccc(C(=O)N2[C@@H]3CC[C@H]2[C@H](Nc2ncc(C(F)(F)F)cc2F)C3)c(-n2nccn2)n1. The van der Waals surface area contributed by atoms with Crippen LogP contribution in [0.1, 0.15) is 40.9 Å². The highest BCUT2D eigenvalue weighted by molar-refractivity contribution is 5.98. The molecule has 2 aliphatic heterocycles. The average Bonchev–Trinajstić information content (AvgIpc) is 3.50. The van der Waals surface area contributed by atoms with Crippen molar-refractivity contribution in [3.63, 3.8) is 0 Å². The summed E-state index contributed by atoms with van der Waals surface area (Å²) in [5.41, 5.74) is -0.109. The minimum absolute atomic E-state index is 0.0859. The molecule has 0 radical (unpaired) electrons. The van der Waals surface area contributed by atoms with Crippen LogP contribution >= 0.6 is 0 Å². The number of fused-ring (bicyclic) bond motifs is 2. The lowest BCUT2D eigenvalue weighted by Crippen LogP contribution is -2.40. The summed E-state index contributed by atoms with van der Waals surface area (Å²) in [5, 5.41) is 11.1. The molecule has 172 valence electrons. The van der Waals surface area contributed by atoms with E-state index in [2.05, 4.69) is 25.5 Å². The van der Waals surface area contributed by atoms with Gasteiger partial charge in [0.1, 0.15) is 0 Å². The van der Waals surface area contributed by atoms with E-state index in [0.717, 1.165) is 6.42 Å². The summed E-state index contributed by atoms with van der Waals surface area (Å²) in [4.78, 5) is 24.6. The van der Waals surface area contributed by atoms with Gasteiger partial charge in [-0.25, -0.2) is 14.4 Å². The maximum atomic E-state index is 14.3. The molecule has 1 amide bonds. The summed E-state index contributed by atoms with van der Waals surface area (Å²) < 4.78 is 52.7. The first-order chi connectivity index (χ1) is 15.7. The van der Waals surface area contributed by atoms with Gasteiger partial charge in [0.15, 0.2) is 17.5 Å². The molecule has 3 aromatic rings. The summed E-state index contributed by atoms with van der Waals surface area (Å²) in [6, 6.07) is 3.15. The van der Waals surface area contributed by atoms with Crippen LogP contribution in [0.2, 0.25) is 0 Å². The fourth-order valence-corrected chi connectivity index (χ4v) is 4.66. The van der Waals surface area contributed by atoms with Crippen molar-refractivity contribution >= 4 is 11.7 Å². The number of nitrogens with zero attached hydrogens (tertiary/aromatic N) is 6. The monoisotopic (exact) mass is 461 g/mol. The number of aryl methyl sites for hydroxylation is 1. The Morgan fingerprint density at radius 2 is 1.94 bits per heavy atom. The third kappa shape index (κ3) is 3.79. The first kappa shape index (κ1) is 21.3. The van der Waals surface area contributed by atoms with Crippen molar-refractivity contribution in [3.8, 4) is 5.82 Å². The number of carbonyl (C=O) groups excluding carboxylic acids is 1. The quantitative estimate of drug-likeness (QED) is 0.600. The van der Waals surface area contributed by atoms with Gasteiger partial charge in [-0.2, -0.15) is 23.4 Å². The average molecular weight is 461 g/mol. The maximum Gasteiger partial charge on any atom is 0.417 e. The largest absolute Gasteiger partial charge is 0.417 e. The van der Waals surface area contributed by atoms with Crippen molar-refractivity contribution in [2.24, 2.45) is 0 Å². The summed E-state index contributed by atoms with van der Waals surface area (Å²) in [5.74, 6) is -1.27. The first-order valence-electron chi connectivity index (χ1n) is 10.4. The van der Waals surface area contributed by atoms with Crippen LogP contribution in [0.4, 0.5) is 23.4 Å². The van der Waals surface area contributed by atoms with E-state index in [1.807, 2.05) is 0 Å².